The van der Waals surface area contributed by atoms with Gasteiger partial charge in [0.2, 0.25) is 0 Å². The Kier molecular flexibility index (Phi) is 4.55. The molecule has 3 aromatic rings. The van der Waals surface area contributed by atoms with E-state index in [-0.39, 0.29) is 5.92 Å². The second kappa shape index (κ2) is 6.51. The van der Waals surface area contributed by atoms with Crippen molar-refractivity contribution in [1.82, 2.24) is 9.97 Å². The topological polar surface area (TPSA) is 48.2 Å². The molecule has 0 aliphatic carbocycles. The highest BCUT2D eigenvalue weighted by molar-refractivity contribution is 5.89. The molecule has 0 aliphatic rings. The van der Waals surface area contributed by atoms with Crippen LogP contribution in [0.1, 0.15) is 62.3 Å². The molecule has 0 atom stereocenters. The van der Waals surface area contributed by atoms with Crippen LogP contribution in [0.2, 0.25) is 0 Å². The minimum Gasteiger partial charge on any atom is -0.496 e. The molecule has 25 heavy (non-hydrogen) atoms. The summed E-state index contributed by atoms with van der Waals surface area (Å²) in [5, 5.41) is 1.17. The number of aromatic nitrogens is 2. The van der Waals surface area contributed by atoms with E-state index in [2.05, 4.69) is 46.8 Å². The SMILES string of the molecule is COc1ccc2c(C(C)C)cc(-c3nc(C(C)C)oc3C)nc2c1C. The number of hydrogen-bond acceptors (Lipinski definition) is 4. The first-order chi connectivity index (χ1) is 11.8. The second-order valence-corrected chi connectivity index (χ2v) is 7.15. The van der Waals surface area contributed by atoms with E-state index in [0.717, 1.165) is 39.9 Å². The number of fused-ring (bicyclic) bond motifs is 1. The molecule has 4 heteroatoms. The maximum Gasteiger partial charge on any atom is 0.197 e. The highest BCUT2D eigenvalue weighted by Crippen LogP contribution is 2.35. The third-order valence-corrected chi connectivity index (χ3v) is 4.61. The summed E-state index contributed by atoms with van der Waals surface area (Å²) in [6.45, 7) is 12.6. The molecule has 2 aromatic heterocycles. The van der Waals surface area contributed by atoms with Crippen molar-refractivity contribution in [2.24, 2.45) is 0 Å². The number of methoxy groups -OCH3 is 1. The lowest BCUT2D eigenvalue weighted by Crippen LogP contribution is -1.99. The van der Waals surface area contributed by atoms with Crippen molar-refractivity contribution in [3.05, 3.63) is 41.0 Å². The molecule has 0 bridgehead atoms. The Morgan fingerprint density at radius 1 is 1.00 bits per heavy atom. The van der Waals surface area contributed by atoms with Gasteiger partial charge < -0.3 is 9.15 Å². The smallest absolute Gasteiger partial charge is 0.197 e. The van der Waals surface area contributed by atoms with Crippen LogP contribution in [-0.2, 0) is 0 Å². The molecule has 0 N–H and O–H groups in total. The molecule has 0 amide bonds. The van der Waals surface area contributed by atoms with Crippen molar-refractivity contribution in [3.63, 3.8) is 0 Å². The van der Waals surface area contributed by atoms with Crippen LogP contribution in [0.25, 0.3) is 22.3 Å². The van der Waals surface area contributed by atoms with E-state index in [0.29, 0.717) is 5.92 Å². The first kappa shape index (κ1) is 17.5. The van der Waals surface area contributed by atoms with Gasteiger partial charge in [0.25, 0.3) is 0 Å². The van der Waals surface area contributed by atoms with Gasteiger partial charge in [0.15, 0.2) is 5.89 Å². The number of pyridine rings is 1. The minimum atomic E-state index is 0.249. The standard InChI is InChI=1S/C21H26N2O2/c1-11(2)16-10-17(20-14(6)25-21(23-20)12(3)4)22-19-13(5)18(24-7)9-8-15(16)19/h8-12H,1-7H3. The number of oxazole rings is 1. The Morgan fingerprint density at radius 3 is 2.28 bits per heavy atom. The summed E-state index contributed by atoms with van der Waals surface area (Å²) in [6, 6.07) is 6.26. The van der Waals surface area contributed by atoms with Crippen LogP contribution < -0.4 is 4.74 Å². The van der Waals surface area contributed by atoms with Gasteiger partial charge >= 0.3 is 0 Å². The first-order valence-electron chi connectivity index (χ1n) is 8.79. The lowest BCUT2D eigenvalue weighted by Gasteiger charge is -2.15. The normalized spacial score (nSPS) is 11.7. The van der Waals surface area contributed by atoms with Gasteiger partial charge in [-0.05, 0) is 43.5 Å². The first-order valence-corrected chi connectivity index (χ1v) is 8.79. The van der Waals surface area contributed by atoms with Crippen molar-refractivity contribution in [3.8, 4) is 17.1 Å². The molecule has 0 saturated heterocycles. The molecule has 4 nitrogen and oxygen atoms in total. The summed E-state index contributed by atoms with van der Waals surface area (Å²) >= 11 is 0. The monoisotopic (exact) mass is 338 g/mol. The highest BCUT2D eigenvalue weighted by Gasteiger charge is 2.19. The molecule has 3 rings (SSSR count). The summed E-state index contributed by atoms with van der Waals surface area (Å²) < 4.78 is 11.3. The van der Waals surface area contributed by atoms with Gasteiger partial charge in [0.1, 0.15) is 17.2 Å². The fourth-order valence-corrected chi connectivity index (χ4v) is 3.16. The fourth-order valence-electron chi connectivity index (χ4n) is 3.16. The predicted molar refractivity (Wildman–Crippen MR) is 101 cm³/mol. The molecule has 0 aliphatic heterocycles. The van der Waals surface area contributed by atoms with Crippen LogP contribution in [0, 0.1) is 13.8 Å². The average Bonchev–Trinajstić information content (AvgIpc) is 2.96. The van der Waals surface area contributed by atoms with Crippen LogP contribution in [0.15, 0.2) is 22.6 Å². The number of ether oxygens (including phenoxy) is 1. The summed E-state index contributed by atoms with van der Waals surface area (Å²) in [4.78, 5) is 9.63. The quantitative estimate of drug-likeness (QED) is 0.606. The largest absolute Gasteiger partial charge is 0.496 e. The zero-order valence-corrected chi connectivity index (χ0v) is 16.1. The summed E-state index contributed by atoms with van der Waals surface area (Å²) in [5.74, 6) is 3.05. The lowest BCUT2D eigenvalue weighted by atomic mass is 9.95. The van der Waals surface area contributed by atoms with Crippen molar-refractivity contribution in [1.29, 1.82) is 0 Å². The van der Waals surface area contributed by atoms with Gasteiger partial charge in [-0.2, -0.15) is 0 Å². The van der Waals surface area contributed by atoms with E-state index >= 15 is 0 Å². The summed E-state index contributed by atoms with van der Waals surface area (Å²) in [6.07, 6.45) is 0. The van der Waals surface area contributed by atoms with E-state index in [1.54, 1.807) is 7.11 Å². The summed E-state index contributed by atoms with van der Waals surface area (Å²) in [7, 11) is 1.69. The molecule has 0 fully saturated rings. The molecule has 1 aromatic carbocycles. The number of rotatable bonds is 4. The number of hydrogen-bond donors (Lipinski definition) is 0. The van der Waals surface area contributed by atoms with Gasteiger partial charge in [0.05, 0.1) is 18.3 Å². The molecule has 0 unspecified atom stereocenters. The van der Waals surface area contributed by atoms with Crippen LogP contribution in [0.3, 0.4) is 0 Å². The average molecular weight is 338 g/mol. The van der Waals surface area contributed by atoms with Gasteiger partial charge in [0, 0.05) is 16.9 Å². The molecule has 0 saturated carbocycles. The third kappa shape index (κ3) is 3.01. The molecular formula is C21H26N2O2. The number of aryl methyl sites for hydroxylation is 2. The number of benzene rings is 1. The van der Waals surface area contributed by atoms with Crippen LogP contribution in [0.4, 0.5) is 0 Å². The Hall–Kier alpha value is -2.36. The van der Waals surface area contributed by atoms with Gasteiger partial charge in [-0.15, -0.1) is 0 Å². The van der Waals surface area contributed by atoms with E-state index in [9.17, 15) is 0 Å². The predicted octanol–water partition coefficient (Wildman–Crippen LogP) is 5.76. The number of nitrogens with zero attached hydrogens (tertiary/aromatic N) is 2. The van der Waals surface area contributed by atoms with Gasteiger partial charge in [-0.25, -0.2) is 9.97 Å². The van der Waals surface area contributed by atoms with E-state index in [1.807, 2.05) is 13.0 Å². The van der Waals surface area contributed by atoms with Crippen molar-refractivity contribution >= 4 is 10.9 Å². The molecule has 0 spiro atoms. The Balaban J connectivity index is 2.31. The maximum absolute atomic E-state index is 5.84. The highest BCUT2D eigenvalue weighted by atomic mass is 16.5. The molecular weight excluding hydrogens is 312 g/mol. The van der Waals surface area contributed by atoms with E-state index in [4.69, 9.17) is 19.1 Å². The van der Waals surface area contributed by atoms with Crippen molar-refractivity contribution in [2.75, 3.05) is 7.11 Å². The Morgan fingerprint density at radius 2 is 1.72 bits per heavy atom. The maximum atomic E-state index is 5.84. The molecule has 2 heterocycles. The zero-order valence-electron chi connectivity index (χ0n) is 16.1. The van der Waals surface area contributed by atoms with Crippen LogP contribution >= 0.6 is 0 Å². The molecule has 132 valence electrons. The van der Waals surface area contributed by atoms with Gasteiger partial charge in [-0.1, -0.05) is 27.7 Å². The Bertz CT molecular complexity index is 923. The zero-order chi connectivity index (χ0) is 18.3. The van der Waals surface area contributed by atoms with Crippen LogP contribution in [-0.4, -0.2) is 17.1 Å². The van der Waals surface area contributed by atoms with E-state index < -0.39 is 0 Å². The second-order valence-electron chi connectivity index (χ2n) is 7.15. The van der Waals surface area contributed by atoms with Crippen molar-refractivity contribution in [2.45, 2.75) is 53.4 Å². The Labute approximate surface area is 149 Å². The lowest BCUT2D eigenvalue weighted by molar-refractivity contribution is 0.412. The van der Waals surface area contributed by atoms with Gasteiger partial charge in [-0.3, -0.25) is 0 Å². The van der Waals surface area contributed by atoms with E-state index in [1.165, 1.54) is 10.9 Å². The fraction of sp³-hybridized carbons (Fsp3) is 0.429. The van der Waals surface area contributed by atoms with Crippen LogP contribution in [0.5, 0.6) is 5.75 Å². The molecule has 0 radical (unpaired) electrons. The summed E-state index contributed by atoms with van der Waals surface area (Å²) in [5.41, 5.74) is 4.97. The third-order valence-electron chi connectivity index (χ3n) is 4.61. The minimum absolute atomic E-state index is 0.249. The van der Waals surface area contributed by atoms with Crippen molar-refractivity contribution < 1.29 is 9.15 Å².